The number of nitrogens with one attached hydrogen (secondary N) is 1. The maximum absolute atomic E-state index is 5.62. The summed E-state index contributed by atoms with van der Waals surface area (Å²) in [5.41, 5.74) is 0.832. The molecule has 1 N–H and O–H groups in total. The maximum Gasteiger partial charge on any atom is 0.211 e. The molecule has 0 radical (unpaired) electrons. The van der Waals surface area contributed by atoms with E-state index in [1.165, 1.54) is 0 Å². The second-order valence-electron chi connectivity index (χ2n) is 3.45. The molecule has 0 aliphatic rings. The lowest BCUT2D eigenvalue weighted by Crippen LogP contribution is -1.98. The zero-order chi connectivity index (χ0) is 11.5. The number of hydrogen-bond donors (Lipinski definition) is 1. The Morgan fingerprint density at radius 1 is 1.18 bits per heavy atom. The number of rotatable bonds is 3. The smallest absolute Gasteiger partial charge is 0.211 e. The van der Waals surface area contributed by atoms with Crippen molar-refractivity contribution in [3.8, 4) is 5.75 Å². The number of benzene rings is 1. The van der Waals surface area contributed by atoms with Crippen LogP contribution in [0.2, 0.25) is 0 Å². The molecule has 6 nitrogen and oxygen atoms in total. The lowest BCUT2D eigenvalue weighted by Gasteiger charge is -2.05. The standard InChI is InChI=1S/C11H9N5O/c1-3-8-4-2-6-12-11(8)9(5-1)17-7-10-13-15-16-14-10/h1-6H,7H2,(H,13,14,15,16). The van der Waals surface area contributed by atoms with E-state index in [4.69, 9.17) is 4.74 Å². The van der Waals surface area contributed by atoms with Crippen molar-refractivity contribution < 1.29 is 4.74 Å². The van der Waals surface area contributed by atoms with Crippen LogP contribution < -0.4 is 4.74 Å². The fourth-order valence-corrected chi connectivity index (χ4v) is 1.58. The van der Waals surface area contributed by atoms with Crippen LogP contribution in [0.3, 0.4) is 0 Å². The summed E-state index contributed by atoms with van der Waals surface area (Å²) in [4.78, 5) is 4.29. The van der Waals surface area contributed by atoms with Crippen LogP contribution in [-0.2, 0) is 6.61 Å². The Morgan fingerprint density at radius 3 is 3.00 bits per heavy atom. The van der Waals surface area contributed by atoms with Gasteiger partial charge in [-0.2, -0.15) is 5.21 Å². The highest BCUT2D eigenvalue weighted by atomic mass is 16.5. The van der Waals surface area contributed by atoms with E-state index in [0.717, 1.165) is 10.9 Å². The molecule has 0 saturated heterocycles. The summed E-state index contributed by atoms with van der Waals surface area (Å²) in [5, 5.41) is 14.5. The van der Waals surface area contributed by atoms with E-state index >= 15 is 0 Å². The summed E-state index contributed by atoms with van der Waals surface area (Å²) in [6, 6.07) is 9.67. The molecule has 2 aromatic heterocycles. The highest BCUT2D eigenvalue weighted by Crippen LogP contribution is 2.23. The topological polar surface area (TPSA) is 76.6 Å². The third kappa shape index (κ3) is 1.92. The van der Waals surface area contributed by atoms with Gasteiger partial charge in [-0.25, -0.2) is 0 Å². The zero-order valence-electron chi connectivity index (χ0n) is 8.87. The number of para-hydroxylation sites is 1. The largest absolute Gasteiger partial charge is 0.483 e. The summed E-state index contributed by atoms with van der Waals surface area (Å²) in [6.07, 6.45) is 1.74. The third-order valence-corrected chi connectivity index (χ3v) is 2.34. The Balaban J connectivity index is 1.90. The Labute approximate surface area is 96.6 Å². The SMILES string of the molecule is c1cnc2c(OCc3nn[nH]n3)cccc2c1. The van der Waals surface area contributed by atoms with Crippen molar-refractivity contribution in [1.82, 2.24) is 25.6 Å². The molecule has 3 aromatic rings. The van der Waals surface area contributed by atoms with Crippen LogP contribution in [0.5, 0.6) is 5.75 Å². The second-order valence-corrected chi connectivity index (χ2v) is 3.45. The van der Waals surface area contributed by atoms with Crippen molar-refractivity contribution >= 4 is 10.9 Å². The van der Waals surface area contributed by atoms with E-state index in [1.807, 2.05) is 30.3 Å². The van der Waals surface area contributed by atoms with Gasteiger partial charge in [0.15, 0.2) is 6.61 Å². The zero-order valence-corrected chi connectivity index (χ0v) is 8.87. The molecule has 0 aliphatic heterocycles. The van der Waals surface area contributed by atoms with Gasteiger partial charge < -0.3 is 4.74 Å². The molecule has 0 spiro atoms. The van der Waals surface area contributed by atoms with Gasteiger partial charge in [0.1, 0.15) is 11.3 Å². The van der Waals surface area contributed by atoms with Crippen molar-refractivity contribution in [2.24, 2.45) is 0 Å². The van der Waals surface area contributed by atoms with Gasteiger partial charge in [0, 0.05) is 11.6 Å². The predicted molar refractivity (Wildman–Crippen MR) is 60.3 cm³/mol. The average molecular weight is 227 g/mol. The first-order valence-electron chi connectivity index (χ1n) is 5.12. The number of ether oxygens (including phenoxy) is 1. The van der Waals surface area contributed by atoms with Crippen molar-refractivity contribution in [2.45, 2.75) is 6.61 Å². The number of pyridine rings is 1. The van der Waals surface area contributed by atoms with Gasteiger partial charge in [-0.15, -0.1) is 10.2 Å². The first kappa shape index (κ1) is 9.71. The minimum absolute atomic E-state index is 0.270. The molecule has 0 unspecified atom stereocenters. The van der Waals surface area contributed by atoms with Crippen LogP contribution in [0.25, 0.3) is 10.9 Å². The van der Waals surface area contributed by atoms with E-state index in [2.05, 4.69) is 25.6 Å². The van der Waals surface area contributed by atoms with Gasteiger partial charge in [-0.1, -0.05) is 23.4 Å². The molecule has 0 fully saturated rings. The van der Waals surface area contributed by atoms with Gasteiger partial charge in [0.25, 0.3) is 0 Å². The highest BCUT2D eigenvalue weighted by molar-refractivity contribution is 5.84. The van der Waals surface area contributed by atoms with E-state index < -0.39 is 0 Å². The molecular weight excluding hydrogens is 218 g/mol. The summed E-state index contributed by atoms with van der Waals surface area (Å²) in [7, 11) is 0. The molecule has 0 atom stereocenters. The number of H-pyrrole nitrogens is 1. The Bertz CT molecular complexity index is 617. The van der Waals surface area contributed by atoms with Gasteiger partial charge >= 0.3 is 0 Å². The Hall–Kier alpha value is -2.50. The molecule has 0 aliphatic carbocycles. The normalized spacial score (nSPS) is 10.6. The monoisotopic (exact) mass is 227 g/mol. The van der Waals surface area contributed by atoms with Crippen LogP contribution in [0.1, 0.15) is 5.82 Å². The molecule has 17 heavy (non-hydrogen) atoms. The number of nitrogens with zero attached hydrogens (tertiary/aromatic N) is 4. The second kappa shape index (κ2) is 4.17. The van der Waals surface area contributed by atoms with E-state index in [-0.39, 0.29) is 6.61 Å². The van der Waals surface area contributed by atoms with Crippen molar-refractivity contribution in [3.05, 3.63) is 42.4 Å². The maximum atomic E-state index is 5.62. The molecule has 0 bridgehead atoms. The fourth-order valence-electron chi connectivity index (χ4n) is 1.58. The summed E-state index contributed by atoms with van der Waals surface area (Å²) in [6.45, 7) is 0.270. The number of aromatic amines is 1. The molecule has 1 aromatic carbocycles. The quantitative estimate of drug-likeness (QED) is 0.730. The minimum Gasteiger partial charge on any atom is -0.483 e. The number of aromatic nitrogens is 5. The van der Waals surface area contributed by atoms with Crippen LogP contribution in [0, 0.1) is 0 Å². The van der Waals surface area contributed by atoms with E-state index in [1.54, 1.807) is 6.20 Å². The molecule has 3 rings (SSSR count). The predicted octanol–water partition coefficient (Wildman–Crippen LogP) is 1.33. The molecular formula is C11H9N5O. The van der Waals surface area contributed by atoms with Gasteiger partial charge in [0.2, 0.25) is 5.82 Å². The number of hydrogen-bond acceptors (Lipinski definition) is 5. The average Bonchev–Trinajstić information content (AvgIpc) is 2.89. The number of tetrazole rings is 1. The van der Waals surface area contributed by atoms with Gasteiger partial charge in [-0.3, -0.25) is 4.98 Å². The number of fused-ring (bicyclic) bond motifs is 1. The molecule has 0 amide bonds. The van der Waals surface area contributed by atoms with Crippen molar-refractivity contribution in [3.63, 3.8) is 0 Å². The summed E-state index contributed by atoms with van der Waals surface area (Å²) in [5.74, 6) is 1.23. The van der Waals surface area contributed by atoms with E-state index in [9.17, 15) is 0 Å². The fraction of sp³-hybridized carbons (Fsp3) is 0.0909. The lowest BCUT2D eigenvalue weighted by atomic mass is 10.2. The molecule has 2 heterocycles. The third-order valence-electron chi connectivity index (χ3n) is 2.34. The van der Waals surface area contributed by atoms with Crippen LogP contribution in [0.15, 0.2) is 36.5 Å². The Morgan fingerprint density at radius 2 is 2.12 bits per heavy atom. The van der Waals surface area contributed by atoms with Gasteiger partial charge in [-0.05, 0) is 12.1 Å². The molecule has 6 heteroatoms. The summed E-state index contributed by atoms with van der Waals surface area (Å²) < 4.78 is 5.62. The Kier molecular flexibility index (Phi) is 2.38. The molecule has 84 valence electrons. The first-order valence-corrected chi connectivity index (χ1v) is 5.12. The minimum atomic E-state index is 0.270. The summed E-state index contributed by atoms with van der Waals surface area (Å²) >= 11 is 0. The van der Waals surface area contributed by atoms with Crippen LogP contribution in [-0.4, -0.2) is 25.6 Å². The van der Waals surface area contributed by atoms with Crippen LogP contribution in [0.4, 0.5) is 0 Å². The van der Waals surface area contributed by atoms with Gasteiger partial charge in [0.05, 0.1) is 0 Å². The first-order chi connectivity index (χ1) is 8.43. The molecule has 0 saturated carbocycles. The highest BCUT2D eigenvalue weighted by Gasteiger charge is 2.04. The lowest BCUT2D eigenvalue weighted by molar-refractivity contribution is 0.299. The van der Waals surface area contributed by atoms with Crippen molar-refractivity contribution in [2.75, 3.05) is 0 Å². The van der Waals surface area contributed by atoms with Crippen molar-refractivity contribution in [1.29, 1.82) is 0 Å². The van der Waals surface area contributed by atoms with Crippen LogP contribution >= 0.6 is 0 Å². The van der Waals surface area contributed by atoms with E-state index in [0.29, 0.717) is 11.6 Å².